The topological polar surface area (TPSA) is 83.7 Å². The van der Waals surface area contributed by atoms with Gasteiger partial charge < -0.3 is 18.7 Å². The highest BCUT2D eigenvalue weighted by atomic mass is 19.3. The molecule has 0 aliphatic carbocycles. The highest BCUT2D eigenvalue weighted by Crippen LogP contribution is 2.20. The van der Waals surface area contributed by atoms with Gasteiger partial charge in [-0.1, -0.05) is 5.16 Å². The van der Waals surface area contributed by atoms with Gasteiger partial charge in [0.25, 0.3) is 5.89 Å². The summed E-state index contributed by atoms with van der Waals surface area (Å²) in [5, 5.41) is 3.83. The highest BCUT2D eigenvalue weighted by Gasteiger charge is 2.13. The summed E-state index contributed by atoms with van der Waals surface area (Å²) in [5.41, 5.74) is 0.887. The van der Waals surface area contributed by atoms with Crippen LogP contribution in [0.2, 0.25) is 0 Å². The van der Waals surface area contributed by atoms with Crippen LogP contribution in [-0.4, -0.2) is 29.8 Å². The number of carbonyl (C=O) groups is 1. The summed E-state index contributed by atoms with van der Waals surface area (Å²) in [4.78, 5) is 16.1. The molecule has 0 amide bonds. The first-order chi connectivity index (χ1) is 13.0. The quantitative estimate of drug-likeness (QED) is 0.581. The second-order valence-electron chi connectivity index (χ2n) is 5.22. The van der Waals surface area contributed by atoms with E-state index >= 15 is 0 Å². The van der Waals surface area contributed by atoms with Crippen LogP contribution in [0.3, 0.4) is 0 Å². The minimum Gasteiger partial charge on any atom is -0.497 e. The molecule has 3 rings (SSSR count). The van der Waals surface area contributed by atoms with Crippen molar-refractivity contribution in [1.29, 1.82) is 0 Å². The molecule has 0 radical (unpaired) electrons. The molecule has 1 heterocycles. The second-order valence-corrected chi connectivity index (χ2v) is 5.22. The standard InChI is InChI=1S/C18H14F2N2O5/c1-24-13-6-2-11(3-7-13)16-21-15(27-22-16)10-25-17(23)12-4-8-14(9-5-12)26-18(19)20/h2-9,18H,10H2,1H3. The molecule has 0 aliphatic rings. The summed E-state index contributed by atoms with van der Waals surface area (Å²) in [6, 6.07) is 12.2. The number of nitrogens with zero attached hydrogens (tertiary/aromatic N) is 2. The Morgan fingerprint density at radius 2 is 1.74 bits per heavy atom. The molecule has 0 aliphatic heterocycles. The number of ether oxygens (including phenoxy) is 3. The van der Waals surface area contributed by atoms with E-state index in [9.17, 15) is 13.6 Å². The first-order valence-electron chi connectivity index (χ1n) is 7.74. The Balaban J connectivity index is 1.58. The number of methoxy groups -OCH3 is 1. The van der Waals surface area contributed by atoms with E-state index in [1.165, 1.54) is 24.3 Å². The van der Waals surface area contributed by atoms with Crippen LogP contribution in [0.4, 0.5) is 8.78 Å². The van der Waals surface area contributed by atoms with Crippen LogP contribution in [0.1, 0.15) is 16.2 Å². The summed E-state index contributed by atoms with van der Waals surface area (Å²) in [7, 11) is 1.56. The number of rotatable bonds is 7. The number of esters is 1. The SMILES string of the molecule is COc1ccc(-c2noc(COC(=O)c3ccc(OC(F)F)cc3)n2)cc1. The Hall–Kier alpha value is -3.49. The average Bonchev–Trinajstić information content (AvgIpc) is 3.15. The number of benzene rings is 2. The van der Waals surface area contributed by atoms with Crippen molar-refractivity contribution in [3.05, 3.63) is 60.0 Å². The molecule has 3 aromatic rings. The Morgan fingerprint density at radius 1 is 1.07 bits per heavy atom. The van der Waals surface area contributed by atoms with Crippen molar-refractivity contribution in [1.82, 2.24) is 10.1 Å². The van der Waals surface area contributed by atoms with Crippen LogP contribution >= 0.6 is 0 Å². The molecule has 1 aromatic heterocycles. The van der Waals surface area contributed by atoms with Crippen molar-refractivity contribution in [3.63, 3.8) is 0 Å². The van der Waals surface area contributed by atoms with Gasteiger partial charge >= 0.3 is 12.6 Å². The van der Waals surface area contributed by atoms with Gasteiger partial charge in [-0.05, 0) is 48.5 Å². The van der Waals surface area contributed by atoms with E-state index in [2.05, 4.69) is 14.9 Å². The molecule has 0 N–H and O–H groups in total. The highest BCUT2D eigenvalue weighted by molar-refractivity contribution is 5.89. The summed E-state index contributed by atoms with van der Waals surface area (Å²) < 4.78 is 43.6. The molecule has 27 heavy (non-hydrogen) atoms. The number of aromatic nitrogens is 2. The zero-order chi connectivity index (χ0) is 19.2. The zero-order valence-electron chi connectivity index (χ0n) is 14.1. The third-order valence-electron chi connectivity index (χ3n) is 3.46. The summed E-state index contributed by atoms with van der Waals surface area (Å²) in [6.07, 6.45) is 0. The molecule has 140 valence electrons. The fraction of sp³-hybridized carbons (Fsp3) is 0.167. The maximum atomic E-state index is 12.1. The van der Waals surface area contributed by atoms with Gasteiger partial charge in [0.15, 0.2) is 6.61 Å². The van der Waals surface area contributed by atoms with Gasteiger partial charge in [0.05, 0.1) is 12.7 Å². The normalized spacial score (nSPS) is 10.7. The largest absolute Gasteiger partial charge is 0.497 e. The lowest BCUT2D eigenvalue weighted by molar-refractivity contribution is -0.0498. The number of carbonyl (C=O) groups excluding carboxylic acids is 1. The maximum absolute atomic E-state index is 12.1. The van der Waals surface area contributed by atoms with Gasteiger partial charge in [-0.25, -0.2) is 4.79 Å². The Kier molecular flexibility index (Phi) is 5.60. The van der Waals surface area contributed by atoms with E-state index in [1.54, 1.807) is 31.4 Å². The number of alkyl halides is 2. The lowest BCUT2D eigenvalue weighted by atomic mass is 10.2. The van der Waals surface area contributed by atoms with Crippen LogP contribution in [0.25, 0.3) is 11.4 Å². The number of hydrogen-bond acceptors (Lipinski definition) is 7. The van der Waals surface area contributed by atoms with E-state index in [-0.39, 0.29) is 23.8 Å². The Morgan fingerprint density at radius 3 is 2.37 bits per heavy atom. The van der Waals surface area contributed by atoms with Crippen molar-refractivity contribution >= 4 is 5.97 Å². The fourth-order valence-corrected chi connectivity index (χ4v) is 2.15. The van der Waals surface area contributed by atoms with Crippen molar-refractivity contribution in [2.45, 2.75) is 13.2 Å². The van der Waals surface area contributed by atoms with E-state index in [1.807, 2.05) is 0 Å². The van der Waals surface area contributed by atoms with Crippen LogP contribution in [0.15, 0.2) is 53.1 Å². The van der Waals surface area contributed by atoms with Crippen LogP contribution < -0.4 is 9.47 Å². The predicted molar refractivity (Wildman–Crippen MR) is 88.5 cm³/mol. The summed E-state index contributed by atoms with van der Waals surface area (Å²) in [5.74, 6) is 0.441. The lowest BCUT2D eigenvalue weighted by Gasteiger charge is -2.05. The molecule has 9 heteroatoms. The van der Waals surface area contributed by atoms with Crippen LogP contribution in [-0.2, 0) is 11.3 Å². The molecule has 0 atom stereocenters. The molecular formula is C18H14F2N2O5. The molecule has 0 fully saturated rings. The monoisotopic (exact) mass is 376 g/mol. The van der Waals surface area contributed by atoms with Gasteiger partial charge in [0, 0.05) is 5.56 Å². The number of halogens is 2. The third-order valence-corrected chi connectivity index (χ3v) is 3.46. The molecule has 0 unspecified atom stereocenters. The molecule has 0 bridgehead atoms. The van der Waals surface area contributed by atoms with E-state index in [0.717, 1.165) is 0 Å². The minimum atomic E-state index is -2.93. The minimum absolute atomic E-state index is 0.0532. The average molecular weight is 376 g/mol. The van der Waals surface area contributed by atoms with Crippen molar-refractivity contribution < 1.29 is 32.3 Å². The van der Waals surface area contributed by atoms with Gasteiger partial charge in [-0.2, -0.15) is 13.8 Å². The lowest BCUT2D eigenvalue weighted by Crippen LogP contribution is -2.06. The molecular weight excluding hydrogens is 362 g/mol. The van der Waals surface area contributed by atoms with Crippen molar-refractivity contribution in [2.75, 3.05) is 7.11 Å². The van der Waals surface area contributed by atoms with Crippen molar-refractivity contribution in [3.8, 4) is 22.9 Å². The van der Waals surface area contributed by atoms with Crippen LogP contribution in [0, 0.1) is 0 Å². The summed E-state index contributed by atoms with van der Waals surface area (Å²) >= 11 is 0. The maximum Gasteiger partial charge on any atom is 0.387 e. The molecule has 7 nitrogen and oxygen atoms in total. The molecule has 0 saturated heterocycles. The first kappa shape index (κ1) is 18.3. The van der Waals surface area contributed by atoms with Gasteiger partial charge in [0.2, 0.25) is 5.82 Å². The van der Waals surface area contributed by atoms with Crippen molar-refractivity contribution in [2.24, 2.45) is 0 Å². The van der Waals surface area contributed by atoms with E-state index in [0.29, 0.717) is 17.1 Å². The second kappa shape index (κ2) is 8.26. The Bertz CT molecular complexity index is 895. The zero-order valence-corrected chi connectivity index (χ0v) is 14.1. The first-order valence-corrected chi connectivity index (χ1v) is 7.74. The summed E-state index contributed by atoms with van der Waals surface area (Å²) in [6.45, 7) is -3.16. The fourth-order valence-electron chi connectivity index (χ4n) is 2.15. The van der Waals surface area contributed by atoms with E-state index < -0.39 is 12.6 Å². The van der Waals surface area contributed by atoms with Gasteiger partial charge in [-0.3, -0.25) is 0 Å². The molecule has 0 spiro atoms. The van der Waals surface area contributed by atoms with E-state index in [4.69, 9.17) is 14.0 Å². The Labute approximate surface area is 152 Å². The number of hydrogen-bond donors (Lipinski definition) is 0. The smallest absolute Gasteiger partial charge is 0.387 e. The predicted octanol–water partition coefficient (Wildman–Crippen LogP) is 3.70. The molecule has 2 aromatic carbocycles. The van der Waals surface area contributed by atoms with Crippen LogP contribution in [0.5, 0.6) is 11.5 Å². The molecule has 0 saturated carbocycles. The third kappa shape index (κ3) is 4.78. The van der Waals surface area contributed by atoms with Gasteiger partial charge in [0.1, 0.15) is 11.5 Å². The van der Waals surface area contributed by atoms with Gasteiger partial charge in [-0.15, -0.1) is 0 Å².